The maximum absolute atomic E-state index is 13.8. The van der Waals surface area contributed by atoms with Crippen LogP contribution in [-0.4, -0.2) is 46.2 Å². The Morgan fingerprint density at radius 2 is 1.90 bits per heavy atom. The number of aryl methyl sites for hydroxylation is 1. The molecule has 0 saturated carbocycles. The Bertz CT molecular complexity index is 1280. The monoisotopic (exact) mass is 460 g/mol. The number of aromatic nitrogens is 1. The Labute approximate surface area is 185 Å². The molecule has 1 aliphatic rings. The highest BCUT2D eigenvalue weighted by atomic mass is 35.5. The number of esters is 1. The topological polar surface area (TPSA) is 85.8 Å². The lowest BCUT2D eigenvalue weighted by Crippen LogP contribution is -2.46. The number of ether oxygens (including phenoxy) is 2. The van der Waals surface area contributed by atoms with Gasteiger partial charge in [-0.25, -0.2) is 18.2 Å². The van der Waals surface area contributed by atoms with E-state index in [-0.39, 0.29) is 17.2 Å². The van der Waals surface area contributed by atoms with E-state index >= 15 is 0 Å². The zero-order chi connectivity index (χ0) is 22.3. The molecule has 7 nitrogen and oxygen atoms in total. The number of hydrogen-bond donors (Lipinski definition) is 0. The van der Waals surface area contributed by atoms with Crippen LogP contribution in [0.5, 0.6) is 0 Å². The summed E-state index contributed by atoms with van der Waals surface area (Å²) < 4.78 is 39.0. The van der Waals surface area contributed by atoms with Gasteiger partial charge in [-0.2, -0.15) is 0 Å². The quantitative estimate of drug-likeness (QED) is 0.539. The van der Waals surface area contributed by atoms with Crippen LogP contribution in [0.4, 0.5) is 5.69 Å². The second-order valence-corrected chi connectivity index (χ2v) is 9.66. The molecule has 1 atom stereocenters. The summed E-state index contributed by atoms with van der Waals surface area (Å²) in [6.45, 7) is 2.05. The van der Waals surface area contributed by atoms with Gasteiger partial charge in [-0.1, -0.05) is 29.3 Å². The number of rotatable bonds is 5. The third-order valence-electron chi connectivity index (χ3n) is 5.29. The number of nitrogens with zero attached hydrogens (tertiary/aromatic N) is 2. The highest BCUT2D eigenvalue weighted by Gasteiger charge is 2.38. The van der Waals surface area contributed by atoms with Crippen molar-refractivity contribution in [3.05, 3.63) is 64.3 Å². The van der Waals surface area contributed by atoms with Crippen LogP contribution in [-0.2, 0) is 25.9 Å². The first-order chi connectivity index (χ1) is 14.8. The Morgan fingerprint density at radius 3 is 2.55 bits per heavy atom. The number of halogens is 1. The summed E-state index contributed by atoms with van der Waals surface area (Å²) in [7, 11) is -1.19. The summed E-state index contributed by atoms with van der Waals surface area (Å²) in [6, 6.07) is 11.0. The van der Waals surface area contributed by atoms with Gasteiger partial charge < -0.3 is 9.47 Å². The highest BCUT2D eigenvalue weighted by molar-refractivity contribution is 7.92. The lowest BCUT2D eigenvalue weighted by atomic mass is 9.95. The second kappa shape index (κ2) is 8.11. The summed E-state index contributed by atoms with van der Waals surface area (Å²) >= 11 is 6.29. The molecule has 162 valence electrons. The number of benzene rings is 2. The third kappa shape index (κ3) is 3.75. The van der Waals surface area contributed by atoms with Crippen molar-refractivity contribution >= 4 is 44.2 Å². The average molecular weight is 461 g/mol. The van der Waals surface area contributed by atoms with Gasteiger partial charge >= 0.3 is 5.97 Å². The normalized spacial score (nSPS) is 15.9. The number of hydrogen-bond acceptors (Lipinski definition) is 6. The SMILES string of the molecule is COCC1Cc2cc(Cl)cc3nc(C(=O)OC)cc(c23)N1S(=O)(=O)c1ccc(C)cc1. The molecule has 0 bridgehead atoms. The van der Waals surface area contributed by atoms with E-state index in [1.165, 1.54) is 24.6 Å². The molecule has 9 heteroatoms. The summed E-state index contributed by atoms with van der Waals surface area (Å²) in [4.78, 5) is 16.8. The van der Waals surface area contributed by atoms with E-state index < -0.39 is 22.0 Å². The van der Waals surface area contributed by atoms with Crippen LogP contribution in [0.1, 0.15) is 21.6 Å². The Hall–Kier alpha value is -2.68. The molecule has 0 N–H and O–H groups in total. The third-order valence-corrected chi connectivity index (χ3v) is 7.39. The fourth-order valence-electron chi connectivity index (χ4n) is 3.94. The molecule has 1 aliphatic heterocycles. The van der Waals surface area contributed by atoms with Crippen molar-refractivity contribution in [3.63, 3.8) is 0 Å². The van der Waals surface area contributed by atoms with E-state index in [0.29, 0.717) is 28.0 Å². The molecule has 1 unspecified atom stereocenters. The number of anilines is 1. The highest BCUT2D eigenvalue weighted by Crippen LogP contribution is 2.41. The van der Waals surface area contributed by atoms with Gasteiger partial charge in [0.25, 0.3) is 10.0 Å². The van der Waals surface area contributed by atoms with E-state index in [2.05, 4.69) is 4.98 Å². The predicted octanol–water partition coefficient (Wildman–Crippen LogP) is 3.75. The molecule has 0 saturated heterocycles. The maximum Gasteiger partial charge on any atom is 0.356 e. The summed E-state index contributed by atoms with van der Waals surface area (Å²) in [5.41, 5.74) is 2.58. The molecular weight excluding hydrogens is 440 g/mol. The summed E-state index contributed by atoms with van der Waals surface area (Å²) in [5, 5.41) is 1.09. The molecule has 2 heterocycles. The fourth-order valence-corrected chi connectivity index (χ4v) is 5.81. The van der Waals surface area contributed by atoms with Gasteiger partial charge in [0.2, 0.25) is 0 Å². The van der Waals surface area contributed by atoms with Crippen LogP contribution in [0.15, 0.2) is 47.4 Å². The number of methoxy groups -OCH3 is 2. The van der Waals surface area contributed by atoms with E-state index in [1.807, 2.05) is 6.92 Å². The second-order valence-electron chi connectivity index (χ2n) is 7.40. The fraction of sp³-hybridized carbons (Fsp3) is 0.273. The molecule has 0 aliphatic carbocycles. The molecule has 2 aromatic carbocycles. The number of pyridine rings is 1. The first-order valence-corrected chi connectivity index (χ1v) is 11.4. The Morgan fingerprint density at radius 1 is 1.19 bits per heavy atom. The molecule has 0 spiro atoms. The van der Waals surface area contributed by atoms with Crippen molar-refractivity contribution in [1.29, 1.82) is 0 Å². The predicted molar refractivity (Wildman–Crippen MR) is 118 cm³/mol. The van der Waals surface area contributed by atoms with Crippen LogP contribution in [0.3, 0.4) is 0 Å². The van der Waals surface area contributed by atoms with Crippen molar-refractivity contribution in [3.8, 4) is 0 Å². The number of carbonyl (C=O) groups is 1. The van der Waals surface area contributed by atoms with E-state index in [4.69, 9.17) is 21.1 Å². The molecule has 31 heavy (non-hydrogen) atoms. The Balaban J connectivity index is 2.03. The van der Waals surface area contributed by atoms with E-state index in [0.717, 1.165) is 11.1 Å². The average Bonchev–Trinajstić information content (AvgIpc) is 2.72. The zero-order valence-electron chi connectivity index (χ0n) is 17.3. The zero-order valence-corrected chi connectivity index (χ0v) is 18.8. The van der Waals surface area contributed by atoms with Crippen molar-refractivity contribution in [2.45, 2.75) is 24.3 Å². The van der Waals surface area contributed by atoms with Crippen LogP contribution in [0.2, 0.25) is 5.02 Å². The summed E-state index contributed by atoms with van der Waals surface area (Å²) in [5.74, 6) is -0.666. The molecule has 0 radical (unpaired) electrons. The van der Waals surface area contributed by atoms with Gasteiger partial charge in [-0.15, -0.1) is 0 Å². The van der Waals surface area contributed by atoms with Crippen LogP contribution < -0.4 is 4.31 Å². The standard InChI is InChI=1S/C22H21ClN2O5S/c1-13-4-6-17(7-5-13)31(27,28)25-16(12-29-2)9-14-8-15(23)10-18-21(14)20(25)11-19(24-18)22(26)30-3/h4-8,10-11,16H,9,12H2,1-3H3. The number of sulfonamides is 1. The van der Waals surface area contributed by atoms with Gasteiger partial charge in [0.1, 0.15) is 0 Å². The van der Waals surface area contributed by atoms with Crippen molar-refractivity contribution in [2.24, 2.45) is 0 Å². The molecular formula is C22H21ClN2O5S. The van der Waals surface area contributed by atoms with Gasteiger partial charge in [0.05, 0.1) is 35.9 Å². The maximum atomic E-state index is 13.8. The van der Waals surface area contributed by atoms with Crippen LogP contribution in [0.25, 0.3) is 10.9 Å². The molecule has 1 aromatic heterocycles. The lowest BCUT2D eigenvalue weighted by molar-refractivity contribution is 0.0594. The van der Waals surface area contributed by atoms with Crippen LogP contribution in [0, 0.1) is 6.92 Å². The largest absolute Gasteiger partial charge is 0.464 e. The molecule has 4 rings (SSSR count). The summed E-state index contributed by atoms with van der Waals surface area (Å²) in [6.07, 6.45) is 0.391. The minimum atomic E-state index is -3.96. The van der Waals surface area contributed by atoms with Crippen molar-refractivity contribution in [1.82, 2.24) is 4.98 Å². The molecule has 0 fully saturated rings. The van der Waals surface area contributed by atoms with Gasteiger partial charge in [0, 0.05) is 17.5 Å². The Kier molecular flexibility index (Phi) is 5.63. The minimum Gasteiger partial charge on any atom is -0.464 e. The van der Waals surface area contributed by atoms with E-state index in [1.54, 1.807) is 36.4 Å². The van der Waals surface area contributed by atoms with Gasteiger partial charge in [-0.3, -0.25) is 4.31 Å². The van der Waals surface area contributed by atoms with Crippen molar-refractivity contribution < 1.29 is 22.7 Å². The lowest BCUT2D eigenvalue weighted by Gasteiger charge is -2.37. The molecule has 3 aromatic rings. The first kappa shape index (κ1) is 21.5. The van der Waals surface area contributed by atoms with Crippen molar-refractivity contribution in [2.75, 3.05) is 25.1 Å². The first-order valence-electron chi connectivity index (χ1n) is 9.57. The molecule has 0 amide bonds. The van der Waals surface area contributed by atoms with Gasteiger partial charge in [-0.05, 0) is 49.2 Å². The number of carbonyl (C=O) groups excluding carboxylic acids is 1. The van der Waals surface area contributed by atoms with Crippen LogP contribution >= 0.6 is 11.6 Å². The van der Waals surface area contributed by atoms with Gasteiger partial charge in [0.15, 0.2) is 5.69 Å². The smallest absolute Gasteiger partial charge is 0.356 e. The van der Waals surface area contributed by atoms with E-state index in [9.17, 15) is 13.2 Å². The minimum absolute atomic E-state index is 0.000361.